The molecule has 2 bridgehead atoms. The van der Waals surface area contributed by atoms with Crippen molar-refractivity contribution in [1.82, 2.24) is 15.7 Å². The van der Waals surface area contributed by atoms with Crippen LogP contribution in [0.2, 0.25) is 0 Å². The summed E-state index contributed by atoms with van der Waals surface area (Å²) in [6, 6.07) is 4.45. The Labute approximate surface area is 344 Å². The van der Waals surface area contributed by atoms with Crippen LogP contribution in [0.5, 0.6) is 0 Å². The molecule has 2 amide bonds. The number of aliphatic hydroxyl groups is 2. The smallest absolute Gasteiger partial charge is 0.327 e. The first-order valence-corrected chi connectivity index (χ1v) is 21.7. The Balaban J connectivity index is 0.972. The van der Waals surface area contributed by atoms with E-state index in [1.165, 1.54) is 12.0 Å². The summed E-state index contributed by atoms with van der Waals surface area (Å²) in [5, 5.41) is 28.1. The molecule has 4 aliphatic heterocycles. The van der Waals surface area contributed by atoms with Crippen LogP contribution >= 0.6 is 0 Å². The largest absolute Gasteiger partial charge is 0.460 e. The van der Waals surface area contributed by atoms with Crippen LogP contribution < -0.4 is 10.6 Å². The molecule has 9 rings (SSSR count). The normalized spacial score (nSPS) is 35.9. The van der Waals surface area contributed by atoms with Gasteiger partial charge in [-0.2, -0.15) is 5.06 Å². The maximum absolute atomic E-state index is 15.1. The van der Waals surface area contributed by atoms with Crippen LogP contribution in [0, 0.1) is 23.2 Å². The molecule has 8 aliphatic rings. The van der Waals surface area contributed by atoms with E-state index >= 15 is 4.79 Å². The molecular formula is C44H59N3O12. The Morgan fingerprint density at radius 3 is 2.44 bits per heavy atom. The first kappa shape index (κ1) is 40.9. The highest BCUT2D eigenvalue weighted by Crippen LogP contribution is 2.64. The number of hydroxylamine groups is 2. The zero-order valence-electron chi connectivity index (χ0n) is 34.4. The average Bonchev–Trinajstić information content (AvgIpc) is 4.09. The van der Waals surface area contributed by atoms with Gasteiger partial charge >= 0.3 is 11.9 Å². The lowest BCUT2D eigenvalue weighted by atomic mass is 9.62. The number of epoxide rings is 1. The SMILES string of the molecule is C[C@H](O)[C@@H](NC(=O)[C@@]12C[C@H]3OC(=O)[C@@H]1N(Cc1cccc(C=CC4CCC5OC5C4)c1)O[C@@H]2[C@H]1OC(C2CC2)(C2CC2)O[C@H]13)C(=O)N[C@H](CO)CCC(=O)OC(C)(C)C. The maximum Gasteiger partial charge on any atom is 0.327 e. The molecule has 1 aromatic rings. The van der Waals surface area contributed by atoms with Gasteiger partial charge in [-0.25, -0.2) is 0 Å². The van der Waals surface area contributed by atoms with Crippen molar-refractivity contribution >= 4 is 29.8 Å². The minimum absolute atomic E-state index is 0.0609. The third kappa shape index (κ3) is 7.97. The van der Waals surface area contributed by atoms with Crippen molar-refractivity contribution in [2.24, 2.45) is 23.2 Å². The Morgan fingerprint density at radius 1 is 1.02 bits per heavy atom. The van der Waals surface area contributed by atoms with Crippen LogP contribution in [0.3, 0.4) is 0 Å². The molecule has 3 unspecified atom stereocenters. The van der Waals surface area contributed by atoms with E-state index in [9.17, 15) is 24.6 Å². The van der Waals surface area contributed by atoms with Gasteiger partial charge in [-0.15, -0.1) is 0 Å². The molecule has 1 aromatic carbocycles. The van der Waals surface area contributed by atoms with Crippen molar-refractivity contribution in [3.63, 3.8) is 0 Å². The Bertz CT molecular complexity index is 1830. The van der Waals surface area contributed by atoms with Gasteiger partial charge in [-0.1, -0.05) is 36.4 Å². The summed E-state index contributed by atoms with van der Waals surface area (Å²) in [6.45, 7) is 6.29. The topological polar surface area (TPSA) is 195 Å². The fourth-order valence-corrected chi connectivity index (χ4v) is 10.4. The van der Waals surface area contributed by atoms with Crippen LogP contribution in [0.4, 0.5) is 0 Å². The van der Waals surface area contributed by atoms with Crippen molar-refractivity contribution < 1.29 is 57.9 Å². The molecule has 12 atom stereocenters. The van der Waals surface area contributed by atoms with Crippen LogP contribution in [0.1, 0.15) is 103 Å². The number of benzene rings is 1. The maximum atomic E-state index is 15.1. The fourth-order valence-electron chi connectivity index (χ4n) is 10.4. The minimum atomic E-state index is -1.57. The van der Waals surface area contributed by atoms with Crippen LogP contribution in [-0.4, -0.2) is 118 Å². The number of nitrogens with one attached hydrogen (secondary N) is 2. The third-order valence-electron chi connectivity index (χ3n) is 13.5. The summed E-state index contributed by atoms with van der Waals surface area (Å²) < 4.78 is 31.1. The van der Waals surface area contributed by atoms with Gasteiger partial charge in [0.1, 0.15) is 41.5 Å². The monoisotopic (exact) mass is 821 g/mol. The molecule has 322 valence electrons. The molecule has 4 saturated heterocycles. The molecule has 15 nitrogen and oxygen atoms in total. The molecular weight excluding hydrogens is 762 g/mol. The van der Waals surface area contributed by atoms with E-state index in [1.807, 2.05) is 24.3 Å². The van der Waals surface area contributed by atoms with Gasteiger partial charge in [0.25, 0.3) is 0 Å². The summed E-state index contributed by atoms with van der Waals surface area (Å²) >= 11 is 0. The second-order valence-electron chi connectivity index (χ2n) is 19.3. The second kappa shape index (κ2) is 15.5. The highest BCUT2D eigenvalue weighted by Gasteiger charge is 2.78. The number of hydrogen-bond acceptors (Lipinski definition) is 13. The van der Waals surface area contributed by atoms with Crippen molar-refractivity contribution in [1.29, 1.82) is 0 Å². The molecule has 0 spiro atoms. The van der Waals surface area contributed by atoms with E-state index in [4.69, 9.17) is 28.5 Å². The summed E-state index contributed by atoms with van der Waals surface area (Å²) in [5.41, 5.74) is -0.410. The number of rotatable bonds is 15. The molecule has 0 radical (unpaired) electrons. The van der Waals surface area contributed by atoms with E-state index in [0.29, 0.717) is 18.1 Å². The van der Waals surface area contributed by atoms with Crippen molar-refractivity contribution in [2.75, 3.05) is 6.61 Å². The van der Waals surface area contributed by atoms with Crippen molar-refractivity contribution in [2.45, 2.75) is 171 Å². The van der Waals surface area contributed by atoms with Crippen LogP contribution in [-0.2, 0) is 54.2 Å². The van der Waals surface area contributed by atoms with Gasteiger partial charge in [0, 0.05) is 24.7 Å². The number of allylic oxidation sites excluding steroid dienone is 1. The fraction of sp³-hybridized carbons (Fsp3) is 0.727. The first-order chi connectivity index (χ1) is 28.2. The number of hydrogen-bond donors (Lipinski definition) is 4. The lowest BCUT2D eigenvalue weighted by Gasteiger charge is -2.49. The highest BCUT2D eigenvalue weighted by molar-refractivity contribution is 5.96. The number of aliphatic hydroxyl groups excluding tert-OH is 2. The van der Waals surface area contributed by atoms with Crippen LogP contribution in [0.15, 0.2) is 30.3 Å². The number of fused-ring (bicyclic) bond motifs is 5. The van der Waals surface area contributed by atoms with Crippen molar-refractivity contribution in [3.05, 3.63) is 41.5 Å². The van der Waals surface area contributed by atoms with E-state index in [-0.39, 0.29) is 37.6 Å². The Hall–Kier alpha value is -3.44. The third-order valence-corrected chi connectivity index (χ3v) is 13.5. The lowest BCUT2D eigenvalue weighted by Crippen LogP contribution is -2.71. The molecule has 0 aromatic heterocycles. The summed E-state index contributed by atoms with van der Waals surface area (Å²) in [5.74, 6) is -2.51. The van der Waals surface area contributed by atoms with Gasteiger partial charge in [0.15, 0.2) is 11.8 Å². The second-order valence-corrected chi connectivity index (χ2v) is 19.3. The lowest BCUT2D eigenvalue weighted by molar-refractivity contribution is -0.235. The quantitative estimate of drug-likeness (QED) is 0.149. The highest BCUT2D eigenvalue weighted by atomic mass is 16.8. The van der Waals surface area contributed by atoms with Crippen molar-refractivity contribution in [3.8, 4) is 0 Å². The molecule has 4 aliphatic carbocycles. The van der Waals surface area contributed by atoms with E-state index in [0.717, 1.165) is 56.1 Å². The number of carbonyl (C=O) groups excluding carboxylic acids is 4. The van der Waals surface area contributed by atoms with Crippen LogP contribution in [0.25, 0.3) is 6.08 Å². The van der Waals surface area contributed by atoms with Gasteiger partial charge in [-0.05, 0) is 96.1 Å². The molecule has 8 fully saturated rings. The zero-order valence-corrected chi connectivity index (χ0v) is 34.4. The molecule has 59 heavy (non-hydrogen) atoms. The van der Waals surface area contributed by atoms with E-state index in [2.05, 4.69) is 22.8 Å². The number of esters is 2. The summed E-state index contributed by atoms with van der Waals surface area (Å²) in [4.78, 5) is 62.3. The first-order valence-electron chi connectivity index (χ1n) is 21.7. The van der Waals surface area contributed by atoms with E-state index < -0.39 is 95.8 Å². The van der Waals surface area contributed by atoms with E-state index in [1.54, 1.807) is 20.8 Å². The Kier molecular flexibility index (Phi) is 10.7. The molecule has 4 saturated carbocycles. The molecule has 15 heteroatoms. The zero-order chi connectivity index (χ0) is 41.4. The minimum Gasteiger partial charge on any atom is -0.460 e. The van der Waals surface area contributed by atoms with Gasteiger partial charge in [-0.3, -0.25) is 24.0 Å². The number of carbonyl (C=O) groups is 4. The number of nitrogens with zero attached hydrogens (tertiary/aromatic N) is 1. The average molecular weight is 822 g/mol. The number of amides is 2. The number of ether oxygens (including phenoxy) is 5. The Morgan fingerprint density at radius 2 is 1.76 bits per heavy atom. The van der Waals surface area contributed by atoms with Gasteiger partial charge in [0.05, 0.1) is 37.5 Å². The van der Waals surface area contributed by atoms with Gasteiger partial charge < -0.3 is 44.5 Å². The predicted octanol–water partition coefficient (Wildman–Crippen LogP) is 2.83. The summed E-state index contributed by atoms with van der Waals surface area (Å²) in [7, 11) is 0. The molecule has 4 heterocycles. The predicted molar refractivity (Wildman–Crippen MR) is 208 cm³/mol. The standard InChI is InChI=1S/C44H59N3O12/c1-23(49)34(39(51)45-29(22-48)15-17-33(50)56-42(2,3)4)46-41(53)43-20-32-35-36(58-44(57-35,27-11-12-27)28-13-14-28)38(43)59-47(37(43)40(52)55-32)21-26-7-5-6-24(18-26)8-9-25-10-16-30-31(19-25)54-30/h5-9,18,23,25,27-32,34-38,48-49H,10-17,19-22H2,1-4H3,(H,45,51)(H,46,53)/t23-,25?,29-,30?,31?,32+,34+,35-,36-,37-,38+,43-/m0/s1. The summed E-state index contributed by atoms with van der Waals surface area (Å²) in [6.07, 6.45) is 7.78. The molecule has 4 N–H and O–H groups in total. The van der Waals surface area contributed by atoms with Gasteiger partial charge in [0.2, 0.25) is 11.8 Å².